The van der Waals surface area contributed by atoms with E-state index in [0.717, 1.165) is 27.6 Å². The van der Waals surface area contributed by atoms with Crippen LogP contribution in [0.4, 0.5) is 0 Å². The van der Waals surface area contributed by atoms with Crippen LogP contribution in [0.5, 0.6) is 0 Å². The maximum Gasteiger partial charge on any atom is 0.320 e. The quantitative estimate of drug-likeness (QED) is 0.160. The molecule has 0 radical (unpaired) electrons. The van der Waals surface area contributed by atoms with E-state index in [9.17, 15) is 19.5 Å². The zero-order valence-corrected chi connectivity index (χ0v) is 23.5. The van der Waals surface area contributed by atoms with Gasteiger partial charge in [-0.15, -0.1) is 0 Å². The Bertz CT molecular complexity index is 1440. The van der Waals surface area contributed by atoms with Crippen molar-refractivity contribution in [2.24, 2.45) is 5.92 Å². The lowest BCUT2D eigenvalue weighted by Crippen LogP contribution is -2.56. The van der Waals surface area contributed by atoms with E-state index in [4.69, 9.17) is 0 Å². The van der Waals surface area contributed by atoms with Crippen LogP contribution in [-0.2, 0) is 33.8 Å². The Labute approximate surface area is 240 Å². The van der Waals surface area contributed by atoms with Gasteiger partial charge in [0.2, 0.25) is 11.8 Å². The van der Waals surface area contributed by atoms with Crippen molar-refractivity contribution in [3.05, 3.63) is 108 Å². The number of carboxylic acids is 1. The minimum absolute atomic E-state index is 0.106. The first-order chi connectivity index (χ1) is 19.8. The minimum atomic E-state index is -1.02. The number of aromatic amines is 1. The number of carboxylic acid groups (broad SMARTS) is 1. The van der Waals surface area contributed by atoms with Gasteiger partial charge in [0.25, 0.3) is 0 Å². The fourth-order valence-electron chi connectivity index (χ4n) is 4.94. The maximum atomic E-state index is 13.9. The van der Waals surface area contributed by atoms with Gasteiger partial charge in [0, 0.05) is 30.1 Å². The lowest BCUT2D eigenvalue weighted by molar-refractivity contribution is -0.140. The van der Waals surface area contributed by atoms with Gasteiger partial charge < -0.3 is 20.7 Å². The number of hydrogen-bond donors (Lipinski definition) is 5. The smallest absolute Gasteiger partial charge is 0.320 e. The zero-order chi connectivity index (χ0) is 29.2. The first-order valence-corrected chi connectivity index (χ1v) is 14.0. The van der Waals surface area contributed by atoms with Crippen molar-refractivity contribution in [1.29, 1.82) is 0 Å². The molecule has 1 unspecified atom stereocenters. The Balaban J connectivity index is 1.58. The van der Waals surface area contributed by atoms with E-state index in [1.54, 1.807) is 0 Å². The third-order valence-electron chi connectivity index (χ3n) is 7.05. The summed E-state index contributed by atoms with van der Waals surface area (Å²) in [5, 5.41) is 19.9. The fraction of sp³-hybridized carbons (Fsp3) is 0.303. The highest BCUT2D eigenvalue weighted by molar-refractivity contribution is 5.91. The van der Waals surface area contributed by atoms with Crippen LogP contribution in [0.2, 0.25) is 0 Å². The first kappa shape index (κ1) is 29.6. The monoisotopic (exact) mass is 554 g/mol. The number of rotatable bonds is 14. The van der Waals surface area contributed by atoms with Crippen molar-refractivity contribution >= 4 is 28.7 Å². The van der Waals surface area contributed by atoms with E-state index < -0.39 is 30.0 Å². The Morgan fingerprint density at radius 1 is 0.756 bits per heavy atom. The molecule has 3 aromatic carbocycles. The molecule has 1 heterocycles. The molecule has 41 heavy (non-hydrogen) atoms. The molecule has 5 N–H and O–H groups in total. The molecule has 4 rings (SSSR count). The molecule has 4 aromatic rings. The maximum absolute atomic E-state index is 13.9. The highest BCUT2D eigenvalue weighted by atomic mass is 16.4. The molecule has 2 amide bonds. The van der Waals surface area contributed by atoms with Gasteiger partial charge in [-0.1, -0.05) is 92.7 Å². The van der Waals surface area contributed by atoms with Crippen LogP contribution in [0, 0.1) is 5.92 Å². The highest BCUT2D eigenvalue weighted by Crippen LogP contribution is 2.20. The summed E-state index contributed by atoms with van der Waals surface area (Å²) in [4.78, 5) is 42.6. The van der Waals surface area contributed by atoms with E-state index in [1.165, 1.54) is 0 Å². The summed E-state index contributed by atoms with van der Waals surface area (Å²) in [5.41, 5.74) is 3.66. The number of amides is 2. The van der Waals surface area contributed by atoms with Crippen LogP contribution in [0.25, 0.3) is 10.9 Å². The average Bonchev–Trinajstić information content (AvgIpc) is 3.38. The molecular weight excluding hydrogens is 516 g/mol. The van der Waals surface area contributed by atoms with E-state index >= 15 is 0 Å². The number of carbonyl (C=O) groups excluding carboxylic acids is 2. The van der Waals surface area contributed by atoms with Crippen molar-refractivity contribution in [2.75, 3.05) is 0 Å². The van der Waals surface area contributed by atoms with Crippen molar-refractivity contribution in [3.63, 3.8) is 0 Å². The number of aromatic nitrogens is 1. The van der Waals surface area contributed by atoms with E-state index in [0.29, 0.717) is 19.4 Å². The van der Waals surface area contributed by atoms with Crippen molar-refractivity contribution in [3.8, 4) is 0 Å². The first-order valence-electron chi connectivity index (χ1n) is 14.0. The van der Waals surface area contributed by atoms with Gasteiger partial charge in [-0.25, -0.2) is 0 Å². The molecule has 0 aliphatic heterocycles. The number of H-pyrrole nitrogens is 1. The summed E-state index contributed by atoms with van der Waals surface area (Å²) < 4.78 is 0. The number of aliphatic carboxylic acids is 1. The summed E-state index contributed by atoms with van der Waals surface area (Å²) in [7, 11) is 0. The van der Waals surface area contributed by atoms with Crippen LogP contribution < -0.4 is 16.0 Å². The number of benzene rings is 3. The Hall–Kier alpha value is -4.43. The molecule has 0 fully saturated rings. The largest absolute Gasteiger partial charge is 0.480 e. The summed E-state index contributed by atoms with van der Waals surface area (Å²) in [5.74, 6) is -1.65. The van der Waals surface area contributed by atoms with E-state index in [1.807, 2.05) is 105 Å². The van der Waals surface area contributed by atoms with E-state index in [2.05, 4.69) is 20.9 Å². The molecule has 1 aromatic heterocycles. The molecule has 0 bridgehead atoms. The molecule has 0 saturated heterocycles. The second-order valence-electron chi connectivity index (χ2n) is 10.8. The van der Waals surface area contributed by atoms with Gasteiger partial charge in [-0.05, 0) is 41.5 Å². The number of para-hydroxylation sites is 1. The molecule has 3 atom stereocenters. The van der Waals surface area contributed by atoms with Crippen LogP contribution in [0.15, 0.2) is 91.1 Å². The summed E-state index contributed by atoms with van der Waals surface area (Å²) in [6.45, 7) is 4.21. The summed E-state index contributed by atoms with van der Waals surface area (Å²) in [6, 6.07) is 24.2. The fourth-order valence-corrected chi connectivity index (χ4v) is 4.94. The molecular formula is C33H38N4O4. The second kappa shape index (κ2) is 14.3. The Kier molecular flexibility index (Phi) is 10.3. The summed E-state index contributed by atoms with van der Waals surface area (Å²) in [6.07, 6.45) is 2.75. The topological polar surface area (TPSA) is 123 Å². The summed E-state index contributed by atoms with van der Waals surface area (Å²) >= 11 is 0. The lowest BCUT2D eigenvalue weighted by Gasteiger charge is -2.26. The lowest BCUT2D eigenvalue weighted by atomic mass is 9.99. The molecule has 0 spiro atoms. The average molecular weight is 555 g/mol. The van der Waals surface area contributed by atoms with Crippen molar-refractivity contribution in [2.45, 2.75) is 57.8 Å². The van der Waals surface area contributed by atoms with Crippen LogP contribution in [0.1, 0.15) is 37.0 Å². The van der Waals surface area contributed by atoms with Crippen molar-refractivity contribution in [1.82, 2.24) is 20.9 Å². The zero-order valence-electron chi connectivity index (χ0n) is 23.5. The SMILES string of the molecule is CC(C)CC(N[C@@H](Cc1c[nH]c2ccccc12)C(=O)N[C@@H](Cc1ccccc1)C(=O)NCc1ccccc1)C(=O)O. The molecule has 8 heteroatoms. The normalized spacial score (nSPS) is 13.4. The predicted octanol–water partition coefficient (Wildman–Crippen LogP) is 4.21. The van der Waals surface area contributed by atoms with Crippen LogP contribution in [-0.4, -0.2) is 46.0 Å². The van der Waals surface area contributed by atoms with Gasteiger partial charge in [0.1, 0.15) is 12.1 Å². The number of fused-ring (bicyclic) bond motifs is 1. The molecule has 214 valence electrons. The molecule has 0 aliphatic carbocycles. The van der Waals surface area contributed by atoms with Crippen LogP contribution in [0.3, 0.4) is 0 Å². The molecule has 8 nitrogen and oxygen atoms in total. The number of carbonyl (C=O) groups is 3. The molecule has 0 saturated carbocycles. The van der Waals surface area contributed by atoms with Gasteiger partial charge in [-0.3, -0.25) is 19.7 Å². The number of hydrogen-bond acceptors (Lipinski definition) is 4. The predicted molar refractivity (Wildman–Crippen MR) is 160 cm³/mol. The number of nitrogens with one attached hydrogen (secondary N) is 4. The second-order valence-corrected chi connectivity index (χ2v) is 10.8. The van der Waals surface area contributed by atoms with Gasteiger partial charge in [-0.2, -0.15) is 0 Å². The van der Waals surface area contributed by atoms with Gasteiger partial charge in [0.05, 0.1) is 6.04 Å². The molecule has 0 aliphatic rings. The Morgan fingerprint density at radius 3 is 2.05 bits per heavy atom. The standard InChI is InChI=1S/C33H38N4O4/c1-22(2)17-30(33(40)41)36-29(19-25-21-34-27-16-10-9-15-26(25)27)32(39)37-28(18-23-11-5-3-6-12-23)31(38)35-20-24-13-7-4-8-14-24/h3-16,21-22,28-30,34,36H,17-20H2,1-2H3,(H,35,38)(H,37,39)(H,40,41)/t28-,29-,30?/m0/s1. The van der Waals surface area contributed by atoms with Gasteiger partial charge in [0.15, 0.2) is 0 Å². The van der Waals surface area contributed by atoms with Crippen LogP contribution >= 0.6 is 0 Å². The van der Waals surface area contributed by atoms with Crippen molar-refractivity contribution < 1.29 is 19.5 Å². The Morgan fingerprint density at radius 2 is 1.39 bits per heavy atom. The highest BCUT2D eigenvalue weighted by Gasteiger charge is 2.30. The van der Waals surface area contributed by atoms with Gasteiger partial charge >= 0.3 is 5.97 Å². The third-order valence-corrected chi connectivity index (χ3v) is 7.05. The third kappa shape index (κ3) is 8.53. The minimum Gasteiger partial charge on any atom is -0.480 e. The van der Waals surface area contributed by atoms with E-state index in [-0.39, 0.29) is 18.2 Å².